The van der Waals surface area contributed by atoms with Gasteiger partial charge in [-0.05, 0) is 46.5 Å². The molecular weight excluding hydrogens is 437 g/mol. The molecular formula is C29H13FN5+. The predicted molar refractivity (Wildman–Crippen MR) is 134 cm³/mol. The number of hydrogen-bond donors (Lipinski definition) is 0. The molecule has 0 aromatic heterocycles. The molecule has 0 spiro atoms. The van der Waals surface area contributed by atoms with Gasteiger partial charge in [0, 0.05) is 23.3 Å². The van der Waals surface area contributed by atoms with Crippen LogP contribution in [0.4, 0.5) is 21.5 Å². The third-order valence-electron chi connectivity index (χ3n) is 6.39. The van der Waals surface area contributed by atoms with Crippen LogP contribution in [0.5, 0.6) is 0 Å². The first-order valence-corrected chi connectivity index (χ1v) is 10.7. The topological polar surface area (TPSA) is 47.9 Å². The van der Waals surface area contributed by atoms with Crippen molar-refractivity contribution in [3.05, 3.63) is 113 Å². The highest BCUT2D eigenvalue weighted by atomic mass is 19.1. The molecule has 0 N–H and O–H groups in total. The molecule has 160 valence electrons. The SMILES string of the molecule is [C-]#[N+]C=[N+]1c2cc(-c3ccc([N+]#[C-])cc3)ccc2-c2cc3c(cc21)-c1ccc(F)cc1C3=NC#N. The zero-order chi connectivity index (χ0) is 24.1. The standard InChI is InChI=1S/C29H13FN5/c1-32-16-35-27-11-18(17-3-7-20(33-2)8-4-17)5-9-22(27)24-13-26-23(14-28(24)35)21-10-6-19(30)12-25(21)29(26)34-15-31/h3-14,16H/q+1. The van der Waals surface area contributed by atoms with Gasteiger partial charge in [0.1, 0.15) is 12.4 Å². The number of rotatable bonds is 1. The van der Waals surface area contributed by atoms with Gasteiger partial charge in [-0.15, -0.1) is 0 Å². The molecule has 2 aliphatic rings. The van der Waals surface area contributed by atoms with Gasteiger partial charge in [0.2, 0.25) is 17.6 Å². The van der Waals surface area contributed by atoms with Gasteiger partial charge in [0.05, 0.1) is 23.4 Å². The summed E-state index contributed by atoms with van der Waals surface area (Å²) in [7, 11) is 0. The van der Waals surface area contributed by atoms with E-state index in [1.54, 1.807) is 18.2 Å². The van der Waals surface area contributed by atoms with Gasteiger partial charge in [0.25, 0.3) is 0 Å². The molecule has 5 nitrogen and oxygen atoms in total. The van der Waals surface area contributed by atoms with Crippen LogP contribution in [-0.2, 0) is 0 Å². The van der Waals surface area contributed by atoms with Gasteiger partial charge in [-0.2, -0.15) is 19.7 Å². The Labute approximate surface area is 200 Å². The van der Waals surface area contributed by atoms with E-state index in [2.05, 4.69) is 14.7 Å². The van der Waals surface area contributed by atoms with Crippen LogP contribution in [0.1, 0.15) is 11.1 Å². The van der Waals surface area contributed by atoms with Crippen LogP contribution in [0.3, 0.4) is 0 Å². The second-order valence-corrected chi connectivity index (χ2v) is 8.17. The average molecular weight is 450 g/mol. The van der Waals surface area contributed by atoms with E-state index in [1.165, 1.54) is 18.5 Å². The number of nitrogens with zero attached hydrogens (tertiary/aromatic N) is 5. The summed E-state index contributed by atoms with van der Waals surface area (Å²) in [5.41, 5.74) is 9.53. The van der Waals surface area contributed by atoms with Gasteiger partial charge in [0.15, 0.2) is 5.69 Å². The van der Waals surface area contributed by atoms with Crippen LogP contribution in [0, 0.1) is 30.4 Å². The number of hydrogen-bond acceptors (Lipinski definition) is 2. The van der Waals surface area contributed by atoms with Crippen molar-refractivity contribution in [3.8, 4) is 39.6 Å². The number of nitriles is 1. The smallest absolute Gasteiger partial charge is 0.238 e. The summed E-state index contributed by atoms with van der Waals surface area (Å²) in [5.74, 6) is -0.389. The van der Waals surface area contributed by atoms with Crippen LogP contribution in [0.15, 0.2) is 77.8 Å². The fraction of sp³-hybridized carbons (Fsp3) is 0. The highest BCUT2D eigenvalue weighted by Gasteiger charge is 2.36. The lowest BCUT2D eigenvalue weighted by molar-refractivity contribution is 0.628. The average Bonchev–Trinajstić information content (AvgIpc) is 3.34. The summed E-state index contributed by atoms with van der Waals surface area (Å²) in [6.07, 6.45) is 3.30. The lowest BCUT2D eigenvalue weighted by Gasteiger charge is -2.03. The zero-order valence-corrected chi connectivity index (χ0v) is 18.1. The molecule has 4 aromatic carbocycles. The molecule has 0 fully saturated rings. The van der Waals surface area contributed by atoms with Gasteiger partial charge in [-0.1, -0.05) is 36.4 Å². The molecule has 0 atom stereocenters. The Morgan fingerprint density at radius 3 is 2.23 bits per heavy atom. The Bertz CT molecular complexity index is 1770. The van der Waals surface area contributed by atoms with Crippen molar-refractivity contribution in [2.75, 3.05) is 0 Å². The maximum absolute atomic E-state index is 14.0. The molecule has 35 heavy (non-hydrogen) atoms. The number of halogens is 1. The zero-order valence-electron chi connectivity index (χ0n) is 18.1. The van der Waals surface area contributed by atoms with E-state index in [4.69, 9.17) is 13.1 Å². The molecule has 0 saturated carbocycles. The quantitative estimate of drug-likeness (QED) is 0.114. The van der Waals surface area contributed by atoms with Gasteiger partial charge in [-0.25, -0.2) is 9.24 Å². The van der Waals surface area contributed by atoms with Gasteiger partial charge >= 0.3 is 6.34 Å². The second kappa shape index (κ2) is 7.59. The second-order valence-electron chi connectivity index (χ2n) is 8.17. The van der Waals surface area contributed by atoms with Gasteiger partial charge in [-0.3, -0.25) is 0 Å². The van der Waals surface area contributed by atoms with E-state index in [0.29, 0.717) is 17.0 Å². The molecule has 6 heteroatoms. The molecule has 0 radical (unpaired) electrons. The fourth-order valence-corrected chi connectivity index (χ4v) is 4.86. The Morgan fingerprint density at radius 1 is 0.771 bits per heavy atom. The van der Waals surface area contributed by atoms with Crippen molar-refractivity contribution in [2.24, 2.45) is 4.99 Å². The lowest BCUT2D eigenvalue weighted by atomic mass is 9.97. The third-order valence-corrected chi connectivity index (χ3v) is 6.39. The van der Waals surface area contributed by atoms with Crippen LogP contribution < -0.4 is 4.58 Å². The largest absolute Gasteiger partial charge is 0.391 e. The maximum Gasteiger partial charge on any atom is 0.391 e. The maximum atomic E-state index is 14.0. The van der Waals surface area contributed by atoms with E-state index in [9.17, 15) is 9.65 Å². The van der Waals surface area contributed by atoms with Crippen molar-refractivity contribution < 1.29 is 4.39 Å². The van der Waals surface area contributed by atoms with E-state index in [1.807, 2.05) is 53.2 Å². The highest BCUT2D eigenvalue weighted by Crippen LogP contribution is 2.50. The van der Waals surface area contributed by atoms with Crippen molar-refractivity contribution in [2.45, 2.75) is 0 Å². The Kier molecular flexibility index (Phi) is 4.39. The minimum atomic E-state index is -0.389. The monoisotopic (exact) mass is 450 g/mol. The Hall–Kier alpha value is -5.38. The minimum Gasteiger partial charge on any atom is -0.238 e. The van der Waals surface area contributed by atoms with Crippen LogP contribution in [-0.4, -0.2) is 12.1 Å². The summed E-state index contributed by atoms with van der Waals surface area (Å²) < 4.78 is 15.9. The van der Waals surface area contributed by atoms with Gasteiger partial charge < -0.3 is 0 Å². The summed E-state index contributed by atoms with van der Waals surface area (Å²) in [6.45, 7) is 14.7. The molecule has 0 unspecified atom stereocenters. The molecule has 0 bridgehead atoms. The van der Waals surface area contributed by atoms with Crippen molar-refractivity contribution in [1.29, 1.82) is 5.26 Å². The number of aliphatic imine (C=N–C) groups is 1. The molecule has 1 heterocycles. The van der Waals surface area contributed by atoms with Crippen LogP contribution in [0.25, 0.3) is 43.1 Å². The highest BCUT2D eigenvalue weighted by molar-refractivity contribution is 6.26. The van der Waals surface area contributed by atoms with Crippen molar-refractivity contribution >= 4 is 29.1 Å². The fourth-order valence-electron chi connectivity index (χ4n) is 4.86. The summed E-state index contributed by atoms with van der Waals surface area (Å²) in [4.78, 5) is 11.0. The molecule has 0 saturated heterocycles. The first-order chi connectivity index (χ1) is 17.1. The van der Waals surface area contributed by atoms with Crippen LogP contribution in [0.2, 0.25) is 0 Å². The van der Waals surface area contributed by atoms with E-state index in [-0.39, 0.29) is 5.82 Å². The minimum absolute atomic E-state index is 0.389. The van der Waals surface area contributed by atoms with E-state index in [0.717, 1.165) is 50.3 Å². The first kappa shape index (κ1) is 20.2. The number of fused-ring (bicyclic) bond motifs is 6. The van der Waals surface area contributed by atoms with Crippen molar-refractivity contribution in [3.63, 3.8) is 0 Å². The molecule has 4 aromatic rings. The normalized spacial score (nSPS) is 14.5. The lowest BCUT2D eigenvalue weighted by Crippen LogP contribution is -2.01. The van der Waals surface area contributed by atoms with Crippen molar-refractivity contribution in [1.82, 2.24) is 4.58 Å². The summed E-state index contributed by atoms with van der Waals surface area (Å²) >= 11 is 0. The first-order valence-electron chi connectivity index (χ1n) is 10.7. The third kappa shape index (κ3) is 2.97. The molecule has 6 rings (SSSR count). The molecule has 1 aliphatic carbocycles. The summed E-state index contributed by atoms with van der Waals surface area (Å²) in [6, 6.07) is 21.9. The molecule has 1 aliphatic heterocycles. The van der Waals surface area contributed by atoms with E-state index >= 15 is 0 Å². The molecule has 0 amide bonds. The van der Waals surface area contributed by atoms with Crippen LogP contribution >= 0.6 is 0 Å². The summed E-state index contributed by atoms with van der Waals surface area (Å²) in [5, 5.41) is 9.29. The predicted octanol–water partition coefficient (Wildman–Crippen LogP) is 7.11. The Morgan fingerprint density at radius 2 is 1.49 bits per heavy atom. The number of benzene rings is 4. The Balaban J connectivity index is 1.56. The van der Waals surface area contributed by atoms with E-state index < -0.39 is 0 Å².